The summed E-state index contributed by atoms with van der Waals surface area (Å²) in [7, 11) is 0. The zero-order valence-corrected chi connectivity index (χ0v) is 12.1. The molecule has 100 valence electrons. The third kappa shape index (κ3) is 1.40. The molecule has 0 fully saturated rings. The molecule has 21 heavy (non-hydrogen) atoms. The van der Waals surface area contributed by atoms with Crippen molar-refractivity contribution < 1.29 is 0 Å². The SMILES string of the molecule is Cc1cc2c(c3c1Cc1ccccc1-3)-c1ccccc1C2. The highest BCUT2D eigenvalue weighted by Gasteiger charge is 2.29. The quantitative estimate of drug-likeness (QED) is 0.365. The van der Waals surface area contributed by atoms with Crippen molar-refractivity contribution in [1.82, 2.24) is 0 Å². The predicted molar refractivity (Wildman–Crippen MR) is 87.7 cm³/mol. The van der Waals surface area contributed by atoms with E-state index in [1.807, 2.05) is 0 Å². The lowest BCUT2D eigenvalue weighted by Gasteiger charge is -2.12. The van der Waals surface area contributed by atoms with Crippen LogP contribution >= 0.6 is 0 Å². The maximum absolute atomic E-state index is 2.42. The highest BCUT2D eigenvalue weighted by molar-refractivity contribution is 5.95. The Morgan fingerprint density at radius 3 is 2.05 bits per heavy atom. The summed E-state index contributed by atoms with van der Waals surface area (Å²) < 4.78 is 0. The summed E-state index contributed by atoms with van der Waals surface area (Å²) in [5.74, 6) is 0. The van der Waals surface area contributed by atoms with Crippen molar-refractivity contribution >= 4 is 0 Å². The third-order valence-corrected chi connectivity index (χ3v) is 5.06. The lowest BCUT2D eigenvalue weighted by atomic mass is 9.91. The predicted octanol–water partition coefficient (Wildman–Crippen LogP) is 5.14. The Bertz CT molecular complexity index is 900. The second kappa shape index (κ2) is 3.85. The molecule has 0 heterocycles. The lowest BCUT2D eigenvalue weighted by molar-refractivity contribution is 1.19. The molecule has 0 N–H and O–H groups in total. The Hall–Kier alpha value is -2.34. The maximum atomic E-state index is 2.42. The average molecular weight is 268 g/mol. The molecule has 0 nitrogen and oxygen atoms in total. The number of fused-ring (bicyclic) bond motifs is 7. The normalized spacial score (nSPS) is 13.6. The van der Waals surface area contributed by atoms with Gasteiger partial charge in [-0.25, -0.2) is 0 Å². The zero-order valence-electron chi connectivity index (χ0n) is 12.1. The van der Waals surface area contributed by atoms with Crippen molar-refractivity contribution in [3.05, 3.63) is 82.4 Å². The molecule has 2 aliphatic rings. The van der Waals surface area contributed by atoms with Gasteiger partial charge in [-0.1, -0.05) is 54.6 Å². The largest absolute Gasteiger partial charge is 0.0619 e. The summed E-state index contributed by atoms with van der Waals surface area (Å²) in [6.07, 6.45) is 2.18. The van der Waals surface area contributed by atoms with E-state index in [0.717, 1.165) is 12.8 Å². The molecule has 2 aliphatic carbocycles. The van der Waals surface area contributed by atoms with E-state index < -0.39 is 0 Å². The smallest absolute Gasteiger partial charge is 0.00106 e. The Morgan fingerprint density at radius 2 is 1.29 bits per heavy atom. The van der Waals surface area contributed by atoms with Gasteiger partial charge in [-0.2, -0.15) is 0 Å². The molecule has 0 radical (unpaired) electrons. The van der Waals surface area contributed by atoms with E-state index in [1.54, 1.807) is 0 Å². The molecule has 0 aromatic heterocycles. The minimum atomic E-state index is 1.09. The fourth-order valence-corrected chi connectivity index (χ4v) is 4.13. The summed E-state index contributed by atoms with van der Waals surface area (Å²) in [5.41, 5.74) is 13.3. The van der Waals surface area contributed by atoms with Gasteiger partial charge in [0.05, 0.1) is 0 Å². The highest BCUT2D eigenvalue weighted by atomic mass is 14.3. The molecule has 0 atom stereocenters. The van der Waals surface area contributed by atoms with Crippen molar-refractivity contribution in [1.29, 1.82) is 0 Å². The second-order valence-corrected chi connectivity index (χ2v) is 6.25. The minimum Gasteiger partial charge on any atom is -0.0619 e. The highest BCUT2D eigenvalue weighted by Crippen LogP contribution is 2.49. The van der Waals surface area contributed by atoms with E-state index >= 15 is 0 Å². The minimum absolute atomic E-state index is 1.09. The van der Waals surface area contributed by atoms with Crippen molar-refractivity contribution in [3.63, 3.8) is 0 Å². The number of aryl methyl sites for hydroxylation is 1. The van der Waals surface area contributed by atoms with Gasteiger partial charge in [-0.05, 0) is 69.8 Å². The van der Waals surface area contributed by atoms with Gasteiger partial charge in [0.2, 0.25) is 0 Å². The Labute approximate surface area is 125 Å². The number of hydrogen-bond acceptors (Lipinski definition) is 0. The van der Waals surface area contributed by atoms with Gasteiger partial charge in [0.1, 0.15) is 0 Å². The lowest BCUT2D eigenvalue weighted by Crippen LogP contribution is -1.92. The molecule has 3 aromatic carbocycles. The van der Waals surface area contributed by atoms with Gasteiger partial charge < -0.3 is 0 Å². The van der Waals surface area contributed by atoms with E-state index in [2.05, 4.69) is 61.5 Å². The molecule has 0 heteroatoms. The fraction of sp³-hybridized carbons (Fsp3) is 0.143. The van der Waals surface area contributed by atoms with Gasteiger partial charge in [0, 0.05) is 0 Å². The van der Waals surface area contributed by atoms with Crippen LogP contribution in [0.3, 0.4) is 0 Å². The molecule has 0 unspecified atom stereocenters. The van der Waals surface area contributed by atoms with E-state index in [1.165, 1.54) is 50.1 Å². The topological polar surface area (TPSA) is 0 Å². The molecule has 0 aliphatic heterocycles. The third-order valence-electron chi connectivity index (χ3n) is 5.06. The van der Waals surface area contributed by atoms with Crippen LogP contribution in [0, 0.1) is 6.92 Å². The first-order chi connectivity index (χ1) is 10.3. The Kier molecular flexibility index (Phi) is 2.08. The summed E-state index contributed by atoms with van der Waals surface area (Å²) in [4.78, 5) is 0. The first-order valence-corrected chi connectivity index (χ1v) is 7.65. The molecule has 0 amide bonds. The van der Waals surface area contributed by atoms with E-state index in [-0.39, 0.29) is 0 Å². The van der Waals surface area contributed by atoms with Crippen LogP contribution in [0.5, 0.6) is 0 Å². The van der Waals surface area contributed by atoms with Crippen LogP contribution in [0.15, 0.2) is 54.6 Å². The molecule has 0 saturated heterocycles. The monoisotopic (exact) mass is 268 g/mol. The van der Waals surface area contributed by atoms with E-state index in [0.29, 0.717) is 0 Å². The Balaban J connectivity index is 1.92. The van der Waals surface area contributed by atoms with Crippen LogP contribution in [0.1, 0.15) is 27.8 Å². The van der Waals surface area contributed by atoms with Crippen LogP contribution in [-0.2, 0) is 12.8 Å². The summed E-state index contributed by atoms with van der Waals surface area (Å²) in [6.45, 7) is 2.27. The van der Waals surface area contributed by atoms with Crippen molar-refractivity contribution in [2.45, 2.75) is 19.8 Å². The number of benzene rings is 3. The zero-order chi connectivity index (χ0) is 14.0. The van der Waals surface area contributed by atoms with Gasteiger partial charge >= 0.3 is 0 Å². The molecule has 0 saturated carbocycles. The number of hydrogen-bond donors (Lipinski definition) is 0. The van der Waals surface area contributed by atoms with Gasteiger partial charge in [0.15, 0.2) is 0 Å². The molecular formula is C21H16. The van der Waals surface area contributed by atoms with E-state index in [4.69, 9.17) is 0 Å². The molecule has 3 aromatic rings. The van der Waals surface area contributed by atoms with Crippen LogP contribution in [0.4, 0.5) is 0 Å². The number of rotatable bonds is 0. The molecule has 5 rings (SSSR count). The van der Waals surface area contributed by atoms with Crippen molar-refractivity contribution in [3.8, 4) is 22.3 Å². The van der Waals surface area contributed by atoms with Gasteiger partial charge in [0.25, 0.3) is 0 Å². The average Bonchev–Trinajstić information content (AvgIpc) is 3.05. The van der Waals surface area contributed by atoms with Crippen LogP contribution in [-0.4, -0.2) is 0 Å². The van der Waals surface area contributed by atoms with Crippen LogP contribution in [0.2, 0.25) is 0 Å². The second-order valence-electron chi connectivity index (χ2n) is 6.25. The fourth-order valence-electron chi connectivity index (χ4n) is 4.13. The standard InChI is InChI=1S/C21H16/c1-13-10-16-11-14-6-2-4-8-17(14)20(16)21-18-9-5-3-7-15(18)12-19(13)21/h2-10H,11-12H2,1H3. The summed E-state index contributed by atoms with van der Waals surface area (Å²) in [6, 6.07) is 20.2. The van der Waals surface area contributed by atoms with Gasteiger partial charge in [-0.3, -0.25) is 0 Å². The summed E-state index contributed by atoms with van der Waals surface area (Å²) >= 11 is 0. The van der Waals surface area contributed by atoms with Crippen LogP contribution in [0.25, 0.3) is 22.3 Å². The van der Waals surface area contributed by atoms with Crippen molar-refractivity contribution in [2.75, 3.05) is 0 Å². The van der Waals surface area contributed by atoms with Gasteiger partial charge in [-0.15, -0.1) is 0 Å². The van der Waals surface area contributed by atoms with Crippen molar-refractivity contribution in [2.24, 2.45) is 0 Å². The summed E-state index contributed by atoms with van der Waals surface area (Å²) in [5, 5.41) is 0. The first kappa shape index (κ1) is 11.3. The van der Waals surface area contributed by atoms with Crippen LogP contribution < -0.4 is 0 Å². The first-order valence-electron chi connectivity index (χ1n) is 7.65. The Morgan fingerprint density at radius 1 is 0.667 bits per heavy atom. The molecule has 0 bridgehead atoms. The van der Waals surface area contributed by atoms with E-state index in [9.17, 15) is 0 Å². The molecular weight excluding hydrogens is 252 g/mol. The maximum Gasteiger partial charge on any atom is -0.00106 e. The molecule has 0 spiro atoms.